The van der Waals surface area contributed by atoms with Gasteiger partial charge in [-0.2, -0.15) is 0 Å². The Balaban J connectivity index is 1.88. The number of benzene rings is 1. The van der Waals surface area contributed by atoms with E-state index in [0.29, 0.717) is 36.0 Å². The van der Waals surface area contributed by atoms with Crippen LogP contribution in [0.3, 0.4) is 0 Å². The molecule has 0 radical (unpaired) electrons. The summed E-state index contributed by atoms with van der Waals surface area (Å²) in [5, 5.41) is 3.29. The number of carbonyl (C=O) groups excluding carboxylic acids is 1. The molecule has 2 aliphatic rings. The number of amides is 1. The van der Waals surface area contributed by atoms with Gasteiger partial charge in [0.2, 0.25) is 5.75 Å². The van der Waals surface area contributed by atoms with Crippen molar-refractivity contribution < 1.29 is 19.0 Å². The summed E-state index contributed by atoms with van der Waals surface area (Å²) in [7, 11) is 1.57. The van der Waals surface area contributed by atoms with Crippen molar-refractivity contribution in [2.45, 2.75) is 6.42 Å². The molecule has 6 heteroatoms. The van der Waals surface area contributed by atoms with Crippen LogP contribution < -0.4 is 19.5 Å². The van der Waals surface area contributed by atoms with E-state index in [9.17, 15) is 4.79 Å². The molecule has 3 rings (SSSR count). The molecule has 1 N–H and O–H groups in total. The Hall–Kier alpha value is -1.95. The predicted molar refractivity (Wildman–Crippen MR) is 77.4 cm³/mol. The third-order valence-corrected chi connectivity index (χ3v) is 3.70. The quantitative estimate of drug-likeness (QED) is 0.877. The molecule has 0 aromatic heterocycles. The van der Waals surface area contributed by atoms with E-state index in [2.05, 4.69) is 5.32 Å². The number of rotatable bonds is 2. The number of hydrogen-bond donors (Lipinski definition) is 1. The predicted octanol–water partition coefficient (Wildman–Crippen LogP) is 0.902. The van der Waals surface area contributed by atoms with Crippen LogP contribution in [0, 0.1) is 0 Å². The molecule has 6 nitrogen and oxygen atoms in total. The molecule has 0 aliphatic carbocycles. The average molecular weight is 292 g/mol. The van der Waals surface area contributed by atoms with Gasteiger partial charge in [0.1, 0.15) is 13.2 Å². The summed E-state index contributed by atoms with van der Waals surface area (Å²) in [4.78, 5) is 14.5. The van der Waals surface area contributed by atoms with E-state index < -0.39 is 0 Å². The van der Waals surface area contributed by atoms with Crippen LogP contribution in [0.2, 0.25) is 0 Å². The minimum Gasteiger partial charge on any atom is -0.493 e. The molecule has 0 spiro atoms. The second-order valence-electron chi connectivity index (χ2n) is 5.10. The van der Waals surface area contributed by atoms with Crippen LogP contribution >= 0.6 is 0 Å². The third kappa shape index (κ3) is 2.90. The fourth-order valence-corrected chi connectivity index (χ4v) is 2.63. The maximum absolute atomic E-state index is 12.7. The highest BCUT2D eigenvalue weighted by molar-refractivity contribution is 5.95. The first-order valence-corrected chi connectivity index (χ1v) is 7.27. The highest BCUT2D eigenvalue weighted by Gasteiger charge is 2.23. The zero-order valence-corrected chi connectivity index (χ0v) is 12.2. The molecule has 0 unspecified atom stereocenters. The lowest BCUT2D eigenvalue weighted by Gasteiger charge is -2.24. The van der Waals surface area contributed by atoms with Crippen LogP contribution in [0.4, 0.5) is 0 Å². The Bertz CT molecular complexity index is 507. The first-order chi connectivity index (χ1) is 10.3. The number of carbonyl (C=O) groups is 1. The lowest BCUT2D eigenvalue weighted by Crippen LogP contribution is -2.34. The fourth-order valence-electron chi connectivity index (χ4n) is 2.63. The van der Waals surface area contributed by atoms with Crippen LogP contribution in [0.15, 0.2) is 12.1 Å². The van der Waals surface area contributed by atoms with Crippen LogP contribution in [-0.2, 0) is 0 Å². The van der Waals surface area contributed by atoms with E-state index in [4.69, 9.17) is 14.2 Å². The lowest BCUT2D eigenvalue weighted by molar-refractivity contribution is 0.0764. The fraction of sp³-hybridized carbons (Fsp3) is 0.533. The van der Waals surface area contributed by atoms with E-state index in [1.807, 2.05) is 4.90 Å². The number of methoxy groups -OCH3 is 1. The highest BCUT2D eigenvalue weighted by atomic mass is 16.6. The summed E-state index contributed by atoms with van der Waals surface area (Å²) in [5.74, 6) is 1.72. The van der Waals surface area contributed by atoms with E-state index in [1.165, 1.54) is 0 Å². The molecule has 1 aromatic rings. The van der Waals surface area contributed by atoms with Crippen LogP contribution in [0.1, 0.15) is 16.8 Å². The van der Waals surface area contributed by atoms with Gasteiger partial charge in [-0.05, 0) is 25.1 Å². The van der Waals surface area contributed by atoms with Gasteiger partial charge in [-0.25, -0.2) is 0 Å². The number of nitrogens with zero attached hydrogens (tertiary/aromatic N) is 1. The highest BCUT2D eigenvalue weighted by Crippen LogP contribution is 2.40. The van der Waals surface area contributed by atoms with Gasteiger partial charge in [0.05, 0.1) is 7.11 Å². The van der Waals surface area contributed by atoms with Crippen molar-refractivity contribution in [3.63, 3.8) is 0 Å². The van der Waals surface area contributed by atoms with Crippen molar-refractivity contribution in [1.82, 2.24) is 10.2 Å². The van der Waals surface area contributed by atoms with E-state index >= 15 is 0 Å². The summed E-state index contributed by atoms with van der Waals surface area (Å²) >= 11 is 0. The van der Waals surface area contributed by atoms with Crippen molar-refractivity contribution in [2.24, 2.45) is 0 Å². The molecule has 0 bridgehead atoms. The Morgan fingerprint density at radius 1 is 1.24 bits per heavy atom. The zero-order chi connectivity index (χ0) is 14.7. The first-order valence-electron chi connectivity index (χ1n) is 7.27. The summed E-state index contributed by atoms with van der Waals surface area (Å²) in [6, 6.07) is 3.48. The summed E-state index contributed by atoms with van der Waals surface area (Å²) in [6.45, 7) is 4.25. The van der Waals surface area contributed by atoms with E-state index in [1.54, 1.807) is 19.2 Å². The van der Waals surface area contributed by atoms with E-state index in [0.717, 1.165) is 32.6 Å². The lowest BCUT2D eigenvalue weighted by atomic mass is 10.1. The Morgan fingerprint density at radius 2 is 2.10 bits per heavy atom. The minimum atomic E-state index is 0.00831. The normalized spacial score (nSPS) is 18.0. The number of fused-ring (bicyclic) bond motifs is 1. The maximum Gasteiger partial charge on any atom is 0.254 e. The minimum absolute atomic E-state index is 0.00831. The Labute approximate surface area is 124 Å². The molecule has 2 heterocycles. The van der Waals surface area contributed by atoms with Gasteiger partial charge in [0, 0.05) is 25.2 Å². The van der Waals surface area contributed by atoms with Crippen molar-refractivity contribution in [1.29, 1.82) is 0 Å². The molecular formula is C15H20N2O4. The van der Waals surface area contributed by atoms with Gasteiger partial charge in [0.15, 0.2) is 11.5 Å². The van der Waals surface area contributed by atoms with Crippen LogP contribution in [0.25, 0.3) is 0 Å². The topological polar surface area (TPSA) is 60.0 Å². The van der Waals surface area contributed by atoms with Gasteiger partial charge in [0.25, 0.3) is 5.91 Å². The van der Waals surface area contributed by atoms with Gasteiger partial charge in [-0.15, -0.1) is 0 Å². The van der Waals surface area contributed by atoms with Crippen molar-refractivity contribution in [2.75, 3.05) is 46.5 Å². The monoisotopic (exact) mass is 292 g/mol. The second kappa shape index (κ2) is 6.22. The second-order valence-corrected chi connectivity index (χ2v) is 5.10. The van der Waals surface area contributed by atoms with Crippen LogP contribution in [0.5, 0.6) is 17.2 Å². The SMILES string of the molecule is COc1cc(C(=O)N2CCCNCC2)cc2c1OCCO2. The molecule has 1 fully saturated rings. The van der Waals surface area contributed by atoms with Gasteiger partial charge in [-0.1, -0.05) is 0 Å². The largest absolute Gasteiger partial charge is 0.493 e. The van der Waals surface area contributed by atoms with Gasteiger partial charge >= 0.3 is 0 Å². The third-order valence-electron chi connectivity index (χ3n) is 3.70. The van der Waals surface area contributed by atoms with Crippen molar-refractivity contribution in [3.8, 4) is 17.2 Å². The molecule has 0 atom stereocenters. The molecule has 114 valence electrons. The molecule has 1 saturated heterocycles. The van der Waals surface area contributed by atoms with Crippen LogP contribution in [-0.4, -0.2) is 57.3 Å². The smallest absolute Gasteiger partial charge is 0.254 e. The molecular weight excluding hydrogens is 272 g/mol. The van der Waals surface area contributed by atoms with Crippen molar-refractivity contribution in [3.05, 3.63) is 17.7 Å². The summed E-state index contributed by atoms with van der Waals surface area (Å²) < 4.78 is 16.5. The molecule has 1 amide bonds. The Kier molecular flexibility index (Phi) is 4.15. The summed E-state index contributed by atoms with van der Waals surface area (Å²) in [6.07, 6.45) is 0.966. The number of hydrogen-bond acceptors (Lipinski definition) is 5. The van der Waals surface area contributed by atoms with Gasteiger partial charge < -0.3 is 24.4 Å². The first kappa shape index (κ1) is 14.0. The average Bonchev–Trinajstić information content (AvgIpc) is 2.82. The molecule has 0 saturated carbocycles. The molecule has 21 heavy (non-hydrogen) atoms. The standard InChI is InChI=1S/C15H20N2O4/c1-19-12-9-11(10-13-14(12)21-8-7-20-13)15(18)17-5-2-3-16-4-6-17/h9-10,16H,2-8H2,1H3. The number of nitrogens with one attached hydrogen (secondary N) is 1. The van der Waals surface area contributed by atoms with E-state index in [-0.39, 0.29) is 5.91 Å². The number of ether oxygens (including phenoxy) is 3. The molecule has 1 aromatic carbocycles. The zero-order valence-electron chi connectivity index (χ0n) is 12.2. The Morgan fingerprint density at radius 3 is 2.95 bits per heavy atom. The summed E-state index contributed by atoms with van der Waals surface area (Å²) in [5.41, 5.74) is 0.581. The molecule has 2 aliphatic heterocycles. The van der Waals surface area contributed by atoms with Gasteiger partial charge in [-0.3, -0.25) is 4.79 Å². The van der Waals surface area contributed by atoms with Crippen molar-refractivity contribution >= 4 is 5.91 Å². The maximum atomic E-state index is 12.7.